The monoisotopic (exact) mass is 261 g/mol. The largest absolute Gasteiger partial charge is 0.401 e. The fraction of sp³-hybridized carbons (Fsp3) is 1.00. The summed E-state index contributed by atoms with van der Waals surface area (Å²) in [6.07, 6.45) is 0.978. The smallest absolute Gasteiger partial charge is 0.265 e. The predicted molar refractivity (Wildman–Crippen MR) is 45.2 cm³/mol. The average Bonchev–Trinajstić information content (AvgIpc) is 1.88. The van der Waals surface area contributed by atoms with Crippen LogP contribution >= 0.6 is 31.9 Å². The molecule has 0 fully saturated rings. The van der Waals surface area contributed by atoms with Gasteiger partial charge in [-0.15, -0.1) is 0 Å². The topological polar surface area (TPSA) is 22.0 Å². The first kappa shape index (κ1) is 9.88. The molecule has 1 atom stereocenters. The Morgan fingerprint density at radius 1 is 1.56 bits per heavy atom. The summed E-state index contributed by atoms with van der Waals surface area (Å²) in [5.74, 6) is 0. The molecule has 0 saturated carbocycles. The second-order valence-electron chi connectivity index (χ2n) is 1.47. The fourth-order valence-corrected chi connectivity index (χ4v) is 1.17. The minimum atomic E-state index is 0.0451. The van der Waals surface area contributed by atoms with E-state index < -0.39 is 0 Å². The molecule has 0 aliphatic carbocycles. The Kier molecular flexibility index (Phi) is 7.68. The highest BCUT2D eigenvalue weighted by atomic mass is 79.9. The van der Waals surface area contributed by atoms with Gasteiger partial charge in [0.1, 0.15) is 0 Å². The van der Waals surface area contributed by atoms with Crippen molar-refractivity contribution in [2.45, 2.75) is 12.7 Å². The zero-order chi connectivity index (χ0) is 7.11. The standard InChI is InChI=1S/C5H10Br2O2/c1-8-5(2-3-6)9-4-7/h5H,2-4H2,1H3/p+1. The van der Waals surface area contributed by atoms with Crippen molar-refractivity contribution in [1.29, 1.82) is 0 Å². The number of hydrogen-bond acceptors (Lipinski definition) is 1. The highest BCUT2D eigenvalue weighted by Crippen LogP contribution is 2.00. The molecule has 4 heteroatoms. The van der Waals surface area contributed by atoms with E-state index in [9.17, 15) is 0 Å². The summed E-state index contributed by atoms with van der Waals surface area (Å²) in [4.78, 5) is 0. The van der Waals surface area contributed by atoms with Gasteiger partial charge in [0.25, 0.3) is 6.29 Å². The molecule has 0 rings (SSSR count). The Balaban J connectivity index is 3.18. The van der Waals surface area contributed by atoms with Crippen LogP contribution in [0.1, 0.15) is 6.42 Å². The molecule has 0 aromatic heterocycles. The third-order valence-electron chi connectivity index (χ3n) is 0.901. The fourth-order valence-electron chi connectivity index (χ4n) is 0.454. The van der Waals surface area contributed by atoms with Crippen LogP contribution in [0.25, 0.3) is 0 Å². The van der Waals surface area contributed by atoms with Crippen LogP contribution in [0.2, 0.25) is 0 Å². The second-order valence-corrected chi connectivity index (χ2v) is 2.76. The van der Waals surface area contributed by atoms with Gasteiger partial charge < -0.3 is 9.47 Å². The molecule has 0 saturated heterocycles. The maximum atomic E-state index is 5.00. The van der Waals surface area contributed by atoms with E-state index >= 15 is 0 Å². The minimum Gasteiger partial charge on any atom is -0.401 e. The Morgan fingerprint density at radius 3 is 2.56 bits per heavy atom. The van der Waals surface area contributed by atoms with Crippen LogP contribution in [0.15, 0.2) is 0 Å². The summed E-state index contributed by atoms with van der Waals surface area (Å²) < 4.78 is 9.10. The minimum absolute atomic E-state index is 0.0451. The molecular formula is C5H11Br2O2+. The zero-order valence-electron chi connectivity index (χ0n) is 5.31. The van der Waals surface area contributed by atoms with Gasteiger partial charge in [0.05, 0.1) is 6.42 Å². The molecular weight excluding hydrogens is 252 g/mol. The molecule has 2 nitrogen and oxygen atoms in total. The first-order valence-corrected chi connectivity index (χ1v) is 4.90. The lowest BCUT2D eigenvalue weighted by molar-refractivity contribution is -0.207. The van der Waals surface area contributed by atoms with Crippen LogP contribution in [0.5, 0.6) is 0 Å². The number of hydrogen-bond donors (Lipinski definition) is 0. The Labute approximate surface area is 72.2 Å². The number of rotatable bonds is 5. The lowest BCUT2D eigenvalue weighted by atomic mass is 10.5. The molecule has 0 amide bonds. The number of aliphatic hydroxyl groups is 2. The van der Waals surface area contributed by atoms with Crippen molar-refractivity contribution >= 4 is 31.9 Å². The third-order valence-corrected chi connectivity index (χ3v) is 1.65. The van der Waals surface area contributed by atoms with E-state index in [4.69, 9.17) is 4.74 Å². The average molecular weight is 263 g/mol. The van der Waals surface area contributed by atoms with Crippen LogP contribution in [0.4, 0.5) is 0 Å². The van der Waals surface area contributed by atoms with Crippen LogP contribution in [0.3, 0.4) is 0 Å². The van der Waals surface area contributed by atoms with Crippen molar-refractivity contribution < 1.29 is 9.47 Å². The van der Waals surface area contributed by atoms with Gasteiger partial charge in [-0.2, -0.15) is 0 Å². The molecule has 1 unspecified atom stereocenters. The molecule has 0 aliphatic heterocycles. The predicted octanol–water partition coefficient (Wildman–Crippen LogP) is 1.62. The second kappa shape index (κ2) is 6.99. The van der Waals surface area contributed by atoms with Crippen molar-refractivity contribution in [3.63, 3.8) is 0 Å². The number of ether oxygens (including phenoxy) is 2. The Bertz CT molecular complexity index is 54.9. The van der Waals surface area contributed by atoms with Gasteiger partial charge in [0.2, 0.25) is 5.52 Å². The lowest BCUT2D eigenvalue weighted by Crippen LogP contribution is -2.18. The Morgan fingerprint density at radius 2 is 2.22 bits per heavy atom. The number of halogens is 2. The summed E-state index contributed by atoms with van der Waals surface area (Å²) in [6.45, 7) is 0. The highest BCUT2D eigenvalue weighted by molar-refractivity contribution is 9.09. The maximum absolute atomic E-state index is 5.00. The van der Waals surface area contributed by atoms with Crippen LogP contribution in [0, 0.1) is 0 Å². The normalized spacial score (nSPS) is 13.7. The summed E-state index contributed by atoms with van der Waals surface area (Å²) in [5.41, 5.74) is 0.651. The van der Waals surface area contributed by atoms with Crippen molar-refractivity contribution in [3.8, 4) is 0 Å². The van der Waals surface area contributed by atoms with Gasteiger partial charge in [0, 0.05) is 28.4 Å². The van der Waals surface area contributed by atoms with E-state index in [1.54, 1.807) is 7.11 Å². The number of methoxy groups -OCH3 is 1. The van der Waals surface area contributed by atoms with E-state index in [0.717, 1.165) is 11.8 Å². The molecule has 0 aliphatic rings. The van der Waals surface area contributed by atoms with Gasteiger partial charge >= 0.3 is 0 Å². The molecule has 0 aromatic carbocycles. The SMILES string of the molecule is COC(CCBr)[OH+]CBr. The molecule has 1 N–H and O–H groups in total. The van der Waals surface area contributed by atoms with E-state index in [1.807, 2.05) is 0 Å². The molecule has 0 bridgehead atoms. The summed E-state index contributed by atoms with van der Waals surface area (Å²) in [7, 11) is 1.67. The molecule has 0 aromatic rings. The van der Waals surface area contributed by atoms with Gasteiger partial charge in [-0.25, -0.2) is 0 Å². The van der Waals surface area contributed by atoms with Crippen molar-refractivity contribution in [2.75, 3.05) is 18.0 Å². The molecule has 56 valence electrons. The van der Waals surface area contributed by atoms with Gasteiger partial charge in [-0.1, -0.05) is 15.9 Å². The van der Waals surface area contributed by atoms with E-state index in [1.165, 1.54) is 0 Å². The Hall–Kier alpha value is 0.880. The van der Waals surface area contributed by atoms with Gasteiger partial charge in [0.15, 0.2) is 0 Å². The first-order chi connectivity index (χ1) is 4.35. The van der Waals surface area contributed by atoms with Crippen LogP contribution in [-0.4, -0.2) is 29.0 Å². The summed E-state index contributed by atoms with van der Waals surface area (Å²) >= 11 is 6.50. The molecule has 0 heterocycles. The van der Waals surface area contributed by atoms with E-state index in [-0.39, 0.29) is 6.29 Å². The van der Waals surface area contributed by atoms with Crippen LogP contribution < -0.4 is 0 Å². The lowest BCUT2D eigenvalue weighted by Gasteiger charge is -2.07. The zero-order valence-corrected chi connectivity index (χ0v) is 8.48. The highest BCUT2D eigenvalue weighted by Gasteiger charge is 2.08. The van der Waals surface area contributed by atoms with Gasteiger partial charge in [-0.05, 0) is 0 Å². The molecule has 0 spiro atoms. The summed E-state index contributed by atoms with van der Waals surface area (Å²) in [5, 5.41) is 0.933. The number of alkyl halides is 2. The molecule has 9 heavy (non-hydrogen) atoms. The molecule has 0 radical (unpaired) electrons. The third kappa shape index (κ3) is 5.33. The van der Waals surface area contributed by atoms with Crippen molar-refractivity contribution in [2.24, 2.45) is 0 Å². The maximum Gasteiger partial charge on any atom is 0.265 e. The van der Waals surface area contributed by atoms with Crippen molar-refractivity contribution in [1.82, 2.24) is 0 Å². The quantitative estimate of drug-likeness (QED) is 0.419. The van der Waals surface area contributed by atoms with Crippen LogP contribution in [-0.2, 0) is 4.74 Å². The van der Waals surface area contributed by atoms with Gasteiger partial charge in [-0.3, -0.25) is 0 Å². The first-order valence-electron chi connectivity index (χ1n) is 2.66. The van der Waals surface area contributed by atoms with Crippen molar-refractivity contribution in [3.05, 3.63) is 0 Å². The van der Waals surface area contributed by atoms with E-state index in [2.05, 4.69) is 36.6 Å². The van der Waals surface area contributed by atoms with E-state index in [0.29, 0.717) is 5.52 Å². The summed E-state index contributed by atoms with van der Waals surface area (Å²) in [6, 6.07) is 0.